The molecule has 29 heavy (non-hydrogen) atoms. The van der Waals surface area contributed by atoms with Gasteiger partial charge in [0.05, 0.1) is 5.69 Å². The van der Waals surface area contributed by atoms with Crippen molar-refractivity contribution in [2.24, 2.45) is 5.84 Å². The van der Waals surface area contributed by atoms with Gasteiger partial charge in [0, 0.05) is 18.9 Å². The Hall–Kier alpha value is -2.89. The van der Waals surface area contributed by atoms with Gasteiger partial charge >= 0.3 is 0 Å². The van der Waals surface area contributed by atoms with E-state index < -0.39 is 0 Å². The fourth-order valence-electron chi connectivity index (χ4n) is 3.51. The van der Waals surface area contributed by atoms with E-state index >= 15 is 0 Å². The zero-order valence-corrected chi connectivity index (χ0v) is 17.4. The summed E-state index contributed by atoms with van der Waals surface area (Å²) in [7, 11) is 4.21. The van der Waals surface area contributed by atoms with E-state index in [1.54, 1.807) is 12.4 Å². The van der Waals surface area contributed by atoms with Gasteiger partial charge in [0.1, 0.15) is 12.4 Å². The van der Waals surface area contributed by atoms with Crippen molar-refractivity contribution in [1.82, 2.24) is 9.88 Å². The van der Waals surface area contributed by atoms with E-state index in [-0.39, 0.29) is 0 Å². The van der Waals surface area contributed by atoms with Crippen molar-refractivity contribution in [3.8, 4) is 16.9 Å². The number of nitrogens with zero attached hydrogens (tertiary/aromatic N) is 2. The monoisotopic (exact) mass is 390 g/mol. The highest BCUT2D eigenvalue weighted by Crippen LogP contribution is 2.33. The van der Waals surface area contributed by atoms with Crippen molar-refractivity contribution in [2.45, 2.75) is 25.9 Å². The molecule has 5 nitrogen and oxygen atoms in total. The summed E-state index contributed by atoms with van der Waals surface area (Å²) in [4.78, 5) is 6.26. The molecule has 3 N–H and O–H groups in total. The largest absolute Gasteiger partial charge is 0.489 e. The normalized spacial score (nSPS) is 12.0. The summed E-state index contributed by atoms with van der Waals surface area (Å²) < 4.78 is 5.98. The number of aromatic nitrogens is 1. The van der Waals surface area contributed by atoms with Crippen LogP contribution in [0.4, 0.5) is 5.69 Å². The molecule has 1 unspecified atom stereocenters. The zero-order valence-electron chi connectivity index (χ0n) is 17.4. The summed E-state index contributed by atoms with van der Waals surface area (Å²) in [6, 6.07) is 18.6. The maximum atomic E-state index is 5.98. The molecule has 0 radical (unpaired) electrons. The molecule has 0 aliphatic rings. The molecule has 0 amide bonds. The first kappa shape index (κ1) is 20.8. The van der Waals surface area contributed by atoms with Gasteiger partial charge in [0.15, 0.2) is 0 Å². The SMILES string of the molecule is CCC(CN(C)C)c1cc(-c2cccc(OCc3ccncc3)c2)ccc1NN. The van der Waals surface area contributed by atoms with Crippen LogP contribution in [0, 0.1) is 0 Å². The smallest absolute Gasteiger partial charge is 0.120 e. The van der Waals surface area contributed by atoms with Crippen LogP contribution in [0.2, 0.25) is 0 Å². The number of hydrogen-bond acceptors (Lipinski definition) is 5. The van der Waals surface area contributed by atoms with Gasteiger partial charge in [-0.25, -0.2) is 0 Å². The minimum atomic E-state index is 0.405. The van der Waals surface area contributed by atoms with Crippen LogP contribution in [0.3, 0.4) is 0 Å². The third kappa shape index (κ3) is 5.56. The van der Waals surface area contributed by atoms with Gasteiger partial charge in [0.25, 0.3) is 0 Å². The van der Waals surface area contributed by atoms with Crippen LogP contribution in [0.1, 0.15) is 30.4 Å². The predicted molar refractivity (Wildman–Crippen MR) is 120 cm³/mol. The van der Waals surface area contributed by atoms with E-state index in [2.05, 4.69) is 66.7 Å². The van der Waals surface area contributed by atoms with E-state index in [4.69, 9.17) is 10.6 Å². The van der Waals surface area contributed by atoms with Crippen LogP contribution in [0.25, 0.3) is 11.1 Å². The third-order valence-electron chi connectivity index (χ3n) is 5.05. The summed E-state index contributed by atoms with van der Waals surface area (Å²) in [6.07, 6.45) is 4.61. The molecule has 0 aliphatic carbocycles. The van der Waals surface area contributed by atoms with Crippen molar-refractivity contribution in [3.63, 3.8) is 0 Å². The lowest BCUT2D eigenvalue weighted by atomic mass is 9.91. The molecule has 0 fully saturated rings. The Morgan fingerprint density at radius 3 is 2.48 bits per heavy atom. The molecule has 1 heterocycles. The van der Waals surface area contributed by atoms with E-state index in [0.29, 0.717) is 12.5 Å². The van der Waals surface area contributed by atoms with Gasteiger partial charge in [0.2, 0.25) is 0 Å². The fraction of sp³-hybridized carbons (Fsp3) is 0.292. The number of anilines is 1. The molecule has 0 aliphatic heterocycles. The average molecular weight is 391 g/mol. The highest BCUT2D eigenvalue weighted by Gasteiger charge is 2.16. The maximum absolute atomic E-state index is 5.98. The molecule has 0 saturated heterocycles. The van der Waals surface area contributed by atoms with Crippen molar-refractivity contribution >= 4 is 5.69 Å². The molecule has 0 bridgehead atoms. The molecule has 3 rings (SSSR count). The van der Waals surface area contributed by atoms with Crippen molar-refractivity contribution in [3.05, 3.63) is 78.1 Å². The lowest BCUT2D eigenvalue weighted by Gasteiger charge is -2.23. The van der Waals surface area contributed by atoms with Gasteiger partial charge < -0.3 is 15.1 Å². The highest BCUT2D eigenvalue weighted by atomic mass is 16.5. The van der Waals surface area contributed by atoms with Crippen molar-refractivity contribution < 1.29 is 4.74 Å². The molecule has 1 atom stereocenters. The number of nitrogen functional groups attached to an aromatic ring is 1. The van der Waals surface area contributed by atoms with Crippen LogP contribution in [-0.2, 0) is 6.61 Å². The van der Waals surface area contributed by atoms with Gasteiger partial charge in [-0.15, -0.1) is 0 Å². The van der Waals surface area contributed by atoms with E-state index in [9.17, 15) is 0 Å². The number of ether oxygens (including phenoxy) is 1. The molecule has 152 valence electrons. The number of nitrogens with two attached hydrogens (primary N) is 1. The minimum Gasteiger partial charge on any atom is -0.489 e. The van der Waals surface area contributed by atoms with Gasteiger partial charge in [-0.05, 0) is 85.1 Å². The minimum absolute atomic E-state index is 0.405. The third-order valence-corrected chi connectivity index (χ3v) is 5.05. The van der Waals surface area contributed by atoms with E-state index in [1.807, 2.05) is 24.3 Å². The van der Waals surface area contributed by atoms with Crippen LogP contribution in [-0.4, -0.2) is 30.5 Å². The Balaban J connectivity index is 1.85. The van der Waals surface area contributed by atoms with Gasteiger partial charge in [-0.1, -0.05) is 25.1 Å². The Morgan fingerprint density at radius 1 is 1.03 bits per heavy atom. The van der Waals surface area contributed by atoms with Crippen LogP contribution in [0.15, 0.2) is 67.0 Å². The molecular weight excluding hydrogens is 360 g/mol. The zero-order chi connectivity index (χ0) is 20.6. The maximum Gasteiger partial charge on any atom is 0.120 e. The Morgan fingerprint density at radius 2 is 1.79 bits per heavy atom. The number of rotatable bonds is 9. The van der Waals surface area contributed by atoms with Gasteiger partial charge in [-0.3, -0.25) is 10.8 Å². The second kappa shape index (κ2) is 10.0. The number of hydrogen-bond donors (Lipinski definition) is 2. The number of hydrazine groups is 1. The average Bonchev–Trinajstić information content (AvgIpc) is 2.76. The molecule has 2 aromatic carbocycles. The number of pyridine rings is 1. The number of nitrogens with one attached hydrogen (secondary N) is 1. The number of likely N-dealkylation sites (N-methyl/N-ethyl adjacent to an activating group) is 1. The van der Waals surface area contributed by atoms with Crippen molar-refractivity contribution in [2.75, 3.05) is 26.1 Å². The fourth-order valence-corrected chi connectivity index (χ4v) is 3.51. The Kier molecular flexibility index (Phi) is 7.22. The summed E-state index contributed by atoms with van der Waals surface area (Å²) in [5.74, 6) is 7.05. The molecule has 5 heteroatoms. The number of benzene rings is 2. The van der Waals surface area contributed by atoms with Crippen LogP contribution in [0.5, 0.6) is 5.75 Å². The standard InChI is InChI=1S/C24H30N4O/c1-4-19(16-28(2)3)23-15-21(8-9-24(23)27-25)20-6-5-7-22(14-20)29-17-18-10-12-26-13-11-18/h5-15,19,27H,4,16-17,25H2,1-3H3. The lowest BCUT2D eigenvalue weighted by Crippen LogP contribution is -2.21. The first-order valence-corrected chi connectivity index (χ1v) is 9.98. The topological polar surface area (TPSA) is 63.4 Å². The van der Waals surface area contributed by atoms with Crippen LogP contribution >= 0.6 is 0 Å². The van der Waals surface area contributed by atoms with Gasteiger partial charge in [-0.2, -0.15) is 0 Å². The molecule has 0 saturated carbocycles. The Labute approximate surface area is 173 Å². The Bertz CT molecular complexity index is 912. The molecular formula is C24H30N4O. The predicted octanol–water partition coefficient (Wildman–Crippen LogP) is 4.67. The quantitative estimate of drug-likeness (QED) is 0.411. The second-order valence-corrected chi connectivity index (χ2v) is 7.49. The van der Waals surface area contributed by atoms with Crippen molar-refractivity contribution in [1.29, 1.82) is 0 Å². The summed E-state index contributed by atoms with van der Waals surface area (Å²) >= 11 is 0. The van der Waals surface area contributed by atoms with Crippen LogP contribution < -0.4 is 16.0 Å². The lowest BCUT2D eigenvalue weighted by molar-refractivity contribution is 0.306. The molecule has 1 aromatic heterocycles. The second-order valence-electron chi connectivity index (χ2n) is 7.49. The summed E-state index contributed by atoms with van der Waals surface area (Å²) in [5.41, 5.74) is 8.47. The summed E-state index contributed by atoms with van der Waals surface area (Å²) in [5, 5.41) is 0. The molecule has 0 spiro atoms. The van der Waals surface area contributed by atoms with E-state index in [0.717, 1.165) is 41.1 Å². The molecule has 3 aromatic rings. The first-order valence-electron chi connectivity index (χ1n) is 9.98. The highest BCUT2D eigenvalue weighted by molar-refractivity contribution is 5.70. The van der Waals surface area contributed by atoms with E-state index in [1.165, 1.54) is 5.56 Å². The summed E-state index contributed by atoms with van der Waals surface area (Å²) in [6.45, 7) is 3.71. The first-order chi connectivity index (χ1) is 14.1.